The average molecular weight is 127 g/mol. The molecule has 1 nitrogen and oxygen atoms in total. The molecular weight excluding hydrogens is 110 g/mol. The highest BCUT2D eigenvalue weighted by atomic mass is 14.5. The Labute approximate surface area is 57.9 Å². The van der Waals surface area contributed by atoms with Crippen LogP contribution in [0.15, 0.2) is 12.3 Å². The van der Waals surface area contributed by atoms with Gasteiger partial charge in [-0.25, -0.2) is 0 Å². The van der Waals surface area contributed by atoms with Crippen LogP contribution in [-0.2, 0) is 0 Å². The smallest absolute Gasteiger partial charge is 0.0100 e. The van der Waals surface area contributed by atoms with Crippen LogP contribution in [0.2, 0.25) is 0 Å². The molecule has 0 radical (unpaired) electrons. The Morgan fingerprint density at radius 3 is 1.89 bits per heavy atom. The van der Waals surface area contributed by atoms with E-state index in [9.17, 15) is 0 Å². The van der Waals surface area contributed by atoms with E-state index in [1.165, 1.54) is 0 Å². The van der Waals surface area contributed by atoms with Gasteiger partial charge >= 0.3 is 0 Å². The number of hydrogen-bond acceptors (Lipinski definition) is 1. The number of rotatable bonds is 1. The van der Waals surface area contributed by atoms with Crippen molar-refractivity contribution in [2.45, 2.75) is 27.7 Å². The van der Waals surface area contributed by atoms with Crippen molar-refractivity contribution >= 4 is 0 Å². The molecule has 0 spiro atoms. The fourth-order valence-corrected chi connectivity index (χ4v) is 0.455. The first-order chi connectivity index (χ1) is 3.98. The second-order valence-electron chi connectivity index (χ2n) is 3.54. The van der Waals surface area contributed by atoms with E-state index in [0.29, 0.717) is 11.3 Å². The summed E-state index contributed by atoms with van der Waals surface area (Å²) >= 11 is 0. The van der Waals surface area contributed by atoms with Gasteiger partial charge < -0.3 is 5.73 Å². The molecule has 0 amide bonds. The molecule has 0 aliphatic carbocycles. The van der Waals surface area contributed by atoms with Crippen LogP contribution in [0.3, 0.4) is 0 Å². The van der Waals surface area contributed by atoms with Crippen molar-refractivity contribution in [3.8, 4) is 0 Å². The zero-order chi connectivity index (χ0) is 7.49. The third kappa shape index (κ3) is 3.17. The molecule has 0 saturated carbocycles. The van der Waals surface area contributed by atoms with E-state index < -0.39 is 0 Å². The van der Waals surface area contributed by atoms with Crippen molar-refractivity contribution in [3.63, 3.8) is 0 Å². The molecule has 0 rings (SSSR count). The topological polar surface area (TPSA) is 26.0 Å². The lowest BCUT2D eigenvalue weighted by Gasteiger charge is -2.23. The van der Waals surface area contributed by atoms with Crippen LogP contribution < -0.4 is 5.73 Å². The van der Waals surface area contributed by atoms with Crippen molar-refractivity contribution in [1.82, 2.24) is 0 Å². The van der Waals surface area contributed by atoms with E-state index in [1.807, 2.05) is 6.08 Å². The van der Waals surface area contributed by atoms with Crippen LogP contribution in [0.4, 0.5) is 0 Å². The van der Waals surface area contributed by atoms with E-state index in [2.05, 4.69) is 27.7 Å². The van der Waals surface area contributed by atoms with Crippen LogP contribution >= 0.6 is 0 Å². The third-order valence-electron chi connectivity index (χ3n) is 1.77. The van der Waals surface area contributed by atoms with Gasteiger partial charge in [-0.15, -0.1) is 0 Å². The van der Waals surface area contributed by atoms with Crippen LogP contribution in [0.25, 0.3) is 0 Å². The summed E-state index contributed by atoms with van der Waals surface area (Å²) in [4.78, 5) is 0. The minimum atomic E-state index is 0.343. The lowest BCUT2D eigenvalue weighted by molar-refractivity contribution is 0.314. The molecule has 0 aliphatic rings. The van der Waals surface area contributed by atoms with E-state index in [4.69, 9.17) is 5.73 Å². The first kappa shape index (κ1) is 8.54. The molecule has 2 N–H and O–H groups in total. The third-order valence-corrected chi connectivity index (χ3v) is 1.77. The zero-order valence-electron chi connectivity index (χ0n) is 6.81. The molecule has 0 fully saturated rings. The fourth-order valence-electron chi connectivity index (χ4n) is 0.455. The lowest BCUT2D eigenvalue weighted by Crippen LogP contribution is -2.14. The Kier molecular flexibility index (Phi) is 2.75. The summed E-state index contributed by atoms with van der Waals surface area (Å²) in [5.74, 6) is 0.558. The Morgan fingerprint density at radius 1 is 1.33 bits per heavy atom. The molecule has 0 heterocycles. The summed E-state index contributed by atoms with van der Waals surface area (Å²) in [7, 11) is 0. The molecule has 0 aromatic carbocycles. The molecule has 0 aromatic heterocycles. The first-order valence-corrected chi connectivity index (χ1v) is 3.37. The van der Waals surface area contributed by atoms with Gasteiger partial charge in [-0.2, -0.15) is 0 Å². The van der Waals surface area contributed by atoms with Crippen LogP contribution in [0, 0.1) is 11.3 Å². The summed E-state index contributed by atoms with van der Waals surface area (Å²) < 4.78 is 0. The van der Waals surface area contributed by atoms with E-state index >= 15 is 0 Å². The summed E-state index contributed by atoms with van der Waals surface area (Å²) in [6.45, 7) is 8.79. The maximum absolute atomic E-state index is 5.25. The molecule has 0 aliphatic heterocycles. The van der Waals surface area contributed by atoms with Gasteiger partial charge in [0.2, 0.25) is 0 Å². The minimum Gasteiger partial charge on any atom is -0.405 e. The maximum Gasteiger partial charge on any atom is -0.0100 e. The van der Waals surface area contributed by atoms with Crippen molar-refractivity contribution in [2.75, 3.05) is 0 Å². The fraction of sp³-hybridized carbons (Fsp3) is 0.750. The Morgan fingerprint density at radius 2 is 1.78 bits per heavy atom. The summed E-state index contributed by atoms with van der Waals surface area (Å²) in [6, 6.07) is 0. The van der Waals surface area contributed by atoms with Crippen molar-refractivity contribution in [3.05, 3.63) is 12.3 Å². The zero-order valence-corrected chi connectivity index (χ0v) is 6.81. The van der Waals surface area contributed by atoms with Crippen molar-refractivity contribution < 1.29 is 0 Å². The average Bonchev–Trinajstić information content (AvgIpc) is 1.64. The van der Waals surface area contributed by atoms with Gasteiger partial charge in [0.05, 0.1) is 0 Å². The molecule has 54 valence electrons. The van der Waals surface area contributed by atoms with Crippen molar-refractivity contribution in [1.29, 1.82) is 0 Å². The van der Waals surface area contributed by atoms with Gasteiger partial charge in [-0.05, 0) is 17.5 Å². The molecule has 9 heavy (non-hydrogen) atoms. The van der Waals surface area contributed by atoms with Crippen molar-refractivity contribution in [2.24, 2.45) is 17.1 Å². The minimum absolute atomic E-state index is 0.343. The van der Waals surface area contributed by atoms with Crippen LogP contribution in [-0.4, -0.2) is 0 Å². The maximum atomic E-state index is 5.25. The monoisotopic (exact) mass is 127 g/mol. The first-order valence-electron chi connectivity index (χ1n) is 3.37. The SMILES string of the molecule is CC(/C=C\N)C(C)(C)C. The molecule has 1 heteroatoms. The summed E-state index contributed by atoms with van der Waals surface area (Å²) in [5.41, 5.74) is 5.59. The number of nitrogens with two attached hydrogens (primary N) is 1. The molecule has 0 saturated heterocycles. The van der Waals surface area contributed by atoms with Gasteiger partial charge in [0.1, 0.15) is 0 Å². The second-order valence-corrected chi connectivity index (χ2v) is 3.54. The standard InChI is InChI=1S/C8H17N/c1-7(5-6-9)8(2,3)4/h5-7H,9H2,1-4H3/b6-5-. The Bertz CT molecular complexity index is 97.6. The highest BCUT2D eigenvalue weighted by molar-refractivity contribution is 4.88. The van der Waals surface area contributed by atoms with Crippen LogP contribution in [0.1, 0.15) is 27.7 Å². The van der Waals surface area contributed by atoms with Gasteiger partial charge in [-0.3, -0.25) is 0 Å². The van der Waals surface area contributed by atoms with Crippen LogP contribution in [0.5, 0.6) is 0 Å². The highest BCUT2D eigenvalue weighted by Crippen LogP contribution is 2.25. The van der Waals surface area contributed by atoms with Gasteiger partial charge in [0.25, 0.3) is 0 Å². The molecule has 1 unspecified atom stereocenters. The number of hydrogen-bond donors (Lipinski definition) is 1. The molecule has 0 bridgehead atoms. The van der Waals surface area contributed by atoms with E-state index in [-0.39, 0.29) is 0 Å². The lowest BCUT2D eigenvalue weighted by atomic mass is 9.82. The van der Waals surface area contributed by atoms with E-state index in [1.54, 1.807) is 6.20 Å². The van der Waals surface area contributed by atoms with E-state index in [0.717, 1.165) is 0 Å². The summed E-state index contributed by atoms with van der Waals surface area (Å²) in [5, 5.41) is 0. The van der Waals surface area contributed by atoms with Gasteiger partial charge in [0.15, 0.2) is 0 Å². The predicted molar refractivity (Wildman–Crippen MR) is 41.9 cm³/mol. The highest BCUT2D eigenvalue weighted by Gasteiger charge is 2.16. The molecule has 1 atom stereocenters. The Hall–Kier alpha value is -0.460. The van der Waals surface area contributed by atoms with Gasteiger partial charge in [0, 0.05) is 0 Å². The summed E-state index contributed by atoms with van der Waals surface area (Å²) in [6.07, 6.45) is 3.65. The Balaban J connectivity index is 3.88. The van der Waals surface area contributed by atoms with Gasteiger partial charge in [-0.1, -0.05) is 33.8 Å². The quantitative estimate of drug-likeness (QED) is 0.573. The normalized spacial score (nSPS) is 16.4. The molecule has 0 aromatic rings. The predicted octanol–water partition coefficient (Wildman–Crippen LogP) is 2.14. The second kappa shape index (κ2) is 2.90. The largest absolute Gasteiger partial charge is 0.405 e. The molecular formula is C8H17N. The number of allylic oxidation sites excluding steroid dienone is 1.